The fraction of sp³-hybridized carbons (Fsp3) is 0.438. The van der Waals surface area contributed by atoms with E-state index in [1.54, 1.807) is 16.2 Å². The summed E-state index contributed by atoms with van der Waals surface area (Å²) in [5.74, 6) is -0.141. The number of ether oxygens (including phenoxy) is 1. The van der Waals surface area contributed by atoms with Crippen molar-refractivity contribution >= 4 is 17.2 Å². The monoisotopic (exact) mass is 331 g/mol. The van der Waals surface area contributed by atoms with Gasteiger partial charge in [-0.25, -0.2) is 4.98 Å². The van der Waals surface area contributed by atoms with Crippen LogP contribution in [0.25, 0.3) is 0 Å². The number of nitrogens with one attached hydrogen (secondary N) is 1. The van der Waals surface area contributed by atoms with E-state index in [2.05, 4.69) is 21.4 Å². The van der Waals surface area contributed by atoms with Gasteiger partial charge in [0.15, 0.2) is 0 Å². The van der Waals surface area contributed by atoms with Gasteiger partial charge in [-0.1, -0.05) is 0 Å². The highest BCUT2D eigenvalue weighted by molar-refractivity contribution is 7.10. The number of H-pyrrole nitrogens is 1. The first-order chi connectivity index (χ1) is 11.2. The molecule has 1 amide bonds. The van der Waals surface area contributed by atoms with Crippen LogP contribution in [0.5, 0.6) is 0 Å². The molecule has 0 saturated carbocycles. The highest BCUT2D eigenvalue weighted by atomic mass is 32.1. The number of nitrogens with zero attached hydrogens (tertiary/aromatic N) is 2. The Bertz CT molecular complexity index is 769. The summed E-state index contributed by atoms with van der Waals surface area (Å²) >= 11 is 1.79. The van der Waals surface area contributed by atoms with E-state index in [9.17, 15) is 9.59 Å². The predicted molar refractivity (Wildman–Crippen MR) is 85.6 cm³/mol. The summed E-state index contributed by atoms with van der Waals surface area (Å²) in [7, 11) is 0. The van der Waals surface area contributed by atoms with Gasteiger partial charge >= 0.3 is 0 Å². The maximum Gasteiger partial charge on any atom is 0.273 e. The van der Waals surface area contributed by atoms with Crippen molar-refractivity contribution in [1.29, 1.82) is 0 Å². The minimum Gasteiger partial charge on any atom is -0.370 e. The van der Waals surface area contributed by atoms with Crippen molar-refractivity contribution < 1.29 is 9.53 Å². The molecular weight excluding hydrogens is 314 g/mol. The average Bonchev–Trinajstić information content (AvgIpc) is 3.06. The molecule has 0 aliphatic carbocycles. The van der Waals surface area contributed by atoms with Crippen molar-refractivity contribution in [2.24, 2.45) is 0 Å². The second kappa shape index (κ2) is 5.58. The highest BCUT2D eigenvalue weighted by Gasteiger charge is 2.42. The molecule has 0 aromatic carbocycles. The first-order valence-corrected chi connectivity index (χ1v) is 8.61. The fourth-order valence-corrected chi connectivity index (χ4v) is 4.41. The maximum atomic E-state index is 12.5. The van der Waals surface area contributed by atoms with E-state index in [1.165, 1.54) is 16.6 Å². The first kappa shape index (κ1) is 14.6. The van der Waals surface area contributed by atoms with E-state index in [0.29, 0.717) is 13.1 Å². The number of likely N-dealkylation sites (tertiary alicyclic amines) is 1. The van der Waals surface area contributed by atoms with Crippen LogP contribution in [0.3, 0.4) is 0 Å². The number of aromatic nitrogens is 2. The van der Waals surface area contributed by atoms with Crippen molar-refractivity contribution in [3.8, 4) is 0 Å². The SMILES string of the molecule is O=C(c1c[nH]c(=O)cn1)N1CCC2(CC1)OCCc1sccc12. The molecule has 0 bridgehead atoms. The maximum absolute atomic E-state index is 12.5. The molecule has 2 aromatic rings. The van der Waals surface area contributed by atoms with Crippen LogP contribution in [0.4, 0.5) is 0 Å². The third-order valence-electron chi connectivity index (χ3n) is 4.69. The number of piperidine rings is 1. The average molecular weight is 331 g/mol. The summed E-state index contributed by atoms with van der Waals surface area (Å²) in [6.07, 6.45) is 5.10. The fourth-order valence-electron chi connectivity index (χ4n) is 3.46. The van der Waals surface area contributed by atoms with E-state index in [4.69, 9.17) is 4.74 Å². The second-order valence-electron chi connectivity index (χ2n) is 5.94. The van der Waals surface area contributed by atoms with E-state index >= 15 is 0 Å². The molecule has 7 heteroatoms. The van der Waals surface area contributed by atoms with Gasteiger partial charge in [0, 0.05) is 30.6 Å². The van der Waals surface area contributed by atoms with Gasteiger partial charge in [0.2, 0.25) is 0 Å². The van der Waals surface area contributed by atoms with E-state index in [0.717, 1.165) is 32.1 Å². The summed E-state index contributed by atoms with van der Waals surface area (Å²) in [6, 6.07) is 2.17. The summed E-state index contributed by atoms with van der Waals surface area (Å²) < 4.78 is 6.15. The third kappa shape index (κ3) is 2.49. The molecule has 2 aliphatic rings. The zero-order valence-electron chi connectivity index (χ0n) is 12.6. The minimum absolute atomic E-state index is 0.141. The molecule has 4 rings (SSSR count). The smallest absolute Gasteiger partial charge is 0.273 e. The Kier molecular flexibility index (Phi) is 3.54. The zero-order valence-corrected chi connectivity index (χ0v) is 13.4. The number of carbonyl (C=O) groups excluding carboxylic acids is 1. The second-order valence-corrected chi connectivity index (χ2v) is 6.94. The molecule has 1 N–H and O–H groups in total. The standard InChI is InChI=1S/C16H17N3O3S/c20-14-10-17-12(9-18-14)15(21)19-5-3-16(4-6-19)11-2-8-23-13(11)1-7-22-16/h2,8-10H,1,3-7H2,(H,18,20). The van der Waals surface area contributed by atoms with Crippen molar-refractivity contribution in [3.63, 3.8) is 0 Å². The Balaban J connectivity index is 1.51. The lowest BCUT2D eigenvalue weighted by atomic mass is 9.82. The number of thiophene rings is 1. The number of amides is 1. The normalized spacial score (nSPS) is 19.6. The summed E-state index contributed by atoms with van der Waals surface area (Å²) in [5.41, 5.74) is 1.05. The van der Waals surface area contributed by atoms with Gasteiger partial charge < -0.3 is 14.6 Å². The van der Waals surface area contributed by atoms with Gasteiger partial charge in [-0.2, -0.15) is 0 Å². The predicted octanol–water partition coefficient (Wildman–Crippen LogP) is 1.54. The molecule has 23 heavy (non-hydrogen) atoms. The number of fused-ring (bicyclic) bond motifs is 2. The van der Waals surface area contributed by atoms with Crippen LogP contribution in [0, 0.1) is 0 Å². The lowest BCUT2D eigenvalue weighted by Crippen LogP contribution is -2.48. The largest absolute Gasteiger partial charge is 0.370 e. The molecule has 0 unspecified atom stereocenters. The summed E-state index contributed by atoms with van der Waals surface area (Å²) in [4.78, 5) is 33.2. The van der Waals surface area contributed by atoms with E-state index in [1.807, 2.05) is 0 Å². The van der Waals surface area contributed by atoms with Crippen molar-refractivity contribution in [3.05, 3.63) is 50.3 Å². The molecule has 2 aromatic heterocycles. The van der Waals surface area contributed by atoms with Crippen molar-refractivity contribution in [1.82, 2.24) is 14.9 Å². The van der Waals surface area contributed by atoms with Crippen molar-refractivity contribution in [2.75, 3.05) is 19.7 Å². The molecule has 4 heterocycles. The van der Waals surface area contributed by atoms with Crippen LogP contribution >= 0.6 is 11.3 Å². The molecule has 0 radical (unpaired) electrons. The molecule has 6 nitrogen and oxygen atoms in total. The van der Waals surface area contributed by atoms with Crippen LogP contribution in [-0.2, 0) is 16.8 Å². The Labute approximate surface area is 137 Å². The van der Waals surface area contributed by atoms with Crippen LogP contribution < -0.4 is 5.56 Å². The number of hydrogen-bond acceptors (Lipinski definition) is 5. The molecule has 1 saturated heterocycles. The Hall–Kier alpha value is -1.99. The highest BCUT2D eigenvalue weighted by Crippen LogP contribution is 2.43. The van der Waals surface area contributed by atoms with Gasteiger partial charge in [-0.15, -0.1) is 11.3 Å². The number of carbonyl (C=O) groups is 1. The van der Waals surface area contributed by atoms with E-state index in [-0.39, 0.29) is 22.8 Å². The quantitative estimate of drug-likeness (QED) is 0.860. The molecular formula is C16H17N3O3S. The van der Waals surface area contributed by atoms with Gasteiger partial charge in [0.25, 0.3) is 11.5 Å². The number of hydrogen-bond donors (Lipinski definition) is 1. The van der Waals surface area contributed by atoms with E-state index < -0.39 is 0 Å². The number of aromatic amines is 1. The summed E-state index contributed by atoms with van der Waals surface area (Å²) in [5, 5.41) is 2.13. The Morgan fingerprint density at radius 2 is 2.22 bits per heavy atom. The number of rotatable bonds is 1. The molecule has 120 valence electrons. The van der Waals surface area contributed by atoms with Crippen LogP contribution in [0.2, 0.25) is 0 Å². The topological polar surface area (TPSA) is 75.3 Å². The van der Waals surface area contributed by atoms with Crippen LogP contribution in [0.15, 0.2) is 28.6 Å². The Morgan fingerprint density at radius 3 is 2.96 bits per heavy atom. The summed E-state index contributed by atoms with van der Waals surface area (Å²) in [6.45, 7) is 2.02. The first-order valence-electron chi connectivity index (χ1n) is 7.73. The minimum atomic E-state index is -0.306. The molecule has 0 atom stereocenters. The molecule has 1 fully saturated rings. The third-order valence-corrected chi connectivity index (χ3v) is 5.67. The van der Waals surface area contributed by atoms with Gasteiger partial charge in [0.1, 0.15) is 5.69 Å². The lowest BCUT2D eigenvalue weighted by molar-refractivity contribution is -0.0926. The Morgan fingerprint density at radius 1 is 1.39 bits per heavy atom. The molecule has 2 aliphatic heterocycles. The van der Waals surface area contributed by atoms with Crippen LogP contribution in [0.1, 0.15) is 33.8 Å². The van der Waals surface area contributed by atoms with Gasteiger partial charge in [-0.05, 0) is 29.9 Å². The lowest BCUT2D eigenvalue weighted by Gasteiger charge is -2.44. The zero-order chi connectivity index (χ0) is 15.9. The van der Waals surface area contributed by atoms with Crippen molar-refractivity contribution in [2.45, 2.75) is 24.9 Å². The van der Waals surface area contributed by atoms with Gasteiger partial charge in [0.05, 0.1) is 18.4 Å². The molecule has 1 spiro atoms. The van der Waals surface area contributed by atoms with Gasteiger partial charge in [-0.3, -0.25) is 9.59 Å². The van der Waals surface area contributed by atoms with Crippen LogP contribution in [-0.4, -0.2) is 40.5 Å².